The lowest BCUT2D eigenvalue weighted by atomic mass is 10.2. The maximum atomic E-state index is 4.38. The molecule has 0 radical (unpaired) electrons. The number of hydrogen-bond acceptors (Lipinski definition) is 2. The number of imidazole rings is 2. The van der Waals surface area contributed by atoms with Crippen molar-refractivity contribution in [3.63, 3.8) is 0 Å². The van der Waals surface area contributed by atoms with E-state index in [4.69, 9.17) is 0 Å². The molecule has 0 aliphatic rings. The van der Waals surface area contributed by atoms with Gasteiger partial charge in [-0.15, -0.1) is 0 Å². The second kappa shape index (κ2) is 4.96. The Kier molecular flexibility index (Phi) is 3.39. The third kappa shape index (κ3) is 2.51. The first-order valence-electron chi connectivity index (χ1n) is 5.74. The summed E-state index contributed by atoms with van der Waals surface area (Å²) in [4.78, 5) is 8.40. The predicted octanol–water partition coefficient (Wildman–Crippen LogP) is 2.29. The van der Waals surface area contributed by atoms with E-state index in [9.17, 15) is 0 Å². The van der Waals surface area contributed by atoms with Crippen molar-refractivity contribution in [2.75, 3.05) is 0 Å². The third-order valence-electron chi connectivity index (χ3n) is 2.64. The summed E-state index contributed by atoms with van der Waals surface area (Å²) in [6.07, 6.45) is 10.7. The summed E-state index contributed by atoms with van der Waals surface area (Å²) in [7, 11) is 0. The molecule has 86 valence electrons. The van der Waals surface area contributed by atoms with Gasteiger partial charge in [-0.25, -0.2) is 9.97 Å². The molecule has 2 aromatic heterocycles. The molecule has 0 saturated heterocycles. The van der Waals surface area contributed by atoms with Gasteiger partial charge >= 0.3 is 0 Å². The van der Waals surface area contributed by atoms with E-state index in [0.29, 0.717) is 5.92 Å². The van der Waals surface area contributed by atoms with Gasteiger partial charge in [-0.1, -0.05) is 13.8 Å². The van der Waals surface area contributed by atoms with Crippen molar-refractivity contribution in [3.8, 4) is 0 Å². The van der Waals surface area contributed by atoms with Crippen molar-refractivity contribution in [2.45, 2.75) is 39.3 Å². The van der Waals surface area contributed by atoms with Gasteiger partial charge in [-0.3, -0.25) is 0 Å². The Bertz CT molecular complexity index is 414. The first-order chi connectivity index (χ1) is 7.77. The van der Waals surface area contributed by atoms with Crippen molar-refractivity contribution in [1.82, 2.24) is 19.1 Å². The molecule has 0 aliphatic carbocycles. The molecule has 0 amide bonds. The molecular formula is C12H18N4. The van der Waals surface area contributed by atoms with Crippen LogP contribution < -0.4 is 0 Å². The normalized spacial score (nSPS) is 11.2. The summed E-state index contributed by atoms with van der Waals surface area (Å²) in [5, 5.41) is 0. The largest absolute Gasteiger partial charge is 0.337 e. The van der Waals surface area contributed by atoms with Crippen LogP contribution in [0.1, 0.15) is 32.0 Å². The molecular weight excluding hydrogens is 200 g/mol. The molecule has 16 heavy (non-hydrogen) atoms. The van der Waals surface area contributed by atoms with Gasteiger partial charge in [0.2, 0.25) is 0 Å². The van der Waals surface area contributed by atoms with Crippen LogP contribution in [0.2, 0.25) is 0 Å². The van der Waals surface area contributed by atoms with Gasteiger partial charge in [0.1, 0.15) is 5.82 Å². The summed E-state index contributed by atoms with van der Waals surface area (Å²) in [5.74, 6) is 1.66. The van der Waals surface area contributed by atoms with Gasteiger partial charge in [0.15, 0.2) is 0 Å². The highest BCUT2D eigenvalue weighted by Gasteiger charge is 2.06. The topological polar surface area (TPSA) is 35.6 Å². The molecule has 4 heteroatoms. The Balaban J connectivity index is 1.87. The van der Waals surface area contributed by atoms with E-state index < -0.39 is 0 Å². The van der Waals surface area contributed by atoms with Crippen LogP contribution in [0.4, 0.5) is 0 Å². The Morgan fingerprint density at radius 3 is 2.75 bits per heavy atom. The van der Waals surface area contributed by atoms with Crippen LogP contribution >= 0.6 is 0 Å². The van der Waals surface area contributed by atoms with Crippen molar-refractivity contribution in [3.05, 3.63) is 36.9 Å². The number of aromatic nitrogens is 4. The first kappa shape index (κ1) is 10.9. The van der Waals surface area contributed by atoms with Gasteiger partial charge in [0.05, 0.1) is 6.33 Å². The monoisotopic (exact) mass is 218 g/mol. The SMILES string of the molecule is CC(C)c1nccn1CCCn1ccnc1. The van der Waals surface area contributed by atoms with Crippen molar-refractivity contribution < 1.29 is 0 Å². The van der Waals surface area contributed by atoms with Crippen LogP contribution in [0.15, 0.2) is 31.1 Å². The molecule has 2 rings (SSSR count). The van der Waals surface area contributed by atoms with Crippen LogP contribution in [0.25, 0.3) is 0 Å². The van der Waals surface area contributed by atoms with Gasteiger partial charge in [0.25, 0.3) is 0 Å². The Morgan fingerprint density at radius 1 is 1.19 bits per heavy atom. The zero-order chi connectivity index (χ0) is 11.4. The lowest BCUT2D eigenvalue weighted by Crippen LogP contribution is -2.07. The van der Waals surface area contributed by atoms with E-state index in [0.717, 1.165) is 19.5 Å². The molecule has 0 unspecified atom stereocenters. The summed E-state index contributed by atoms with van der Waals surface area (Å²) < 4.78 is 4.34. The molecule has 0 fully saturated rings. The average Bonchev–Trinajstić information content (AvgIpc) is 2.87. The van der Waals surface area contributed by atoms with Crippen molar-refractivity contribution in [2.24, 2.45) is 0 Å². The fraction of sp³-hybridized carbons (Fsp3) is 0.500. The number of rotatable bonds is 5. The van der Waals surface area contributed by atoms with Crippen molar-refractivity contribution >= 4 is 0 Å². The molecule has 0 N–H and O–H groups in total. The van der Waals surface area contributed by atoms with Crippen molar-refractivity contribution in [1.29, 1.82) is 0 Å². The molecule has 0 atom stereocenters. The molecule has 0 spiro atoms. The molecule has 0 aromatic carbocycles. The molecule has 0 saturated carbocycles. The summed E-state index contributed by atoms with van der Waals surface area (Å²) >= 11 is 0. The molecule has 2 heterocycles. The molecule has 0 aliphatic heterocycles. The Hall–Kier alpha value is -1.58. The van der Waals surface area contributed by atoms with Crippen LogP contribution in [-0.2, 0) is 13.1 Å². The molecule has 4 nitrogen and oxygen atoms in total. The Morgan fingerprint density at radius 2 is 2.06 bits per heavy atom. The van der Waals surface area contributed by atoms with E-state index in [-0.39, 0.29) is 0 Å². The predicted molar refractivity (Wildman–Crippen MR) is 63.2 cm³/mol. The number of aryl methyl sites for hydroxylation is 2. The minimum atomic E-state index is 0.489. The number of nitrogens with zero attached hydrogens (tertiary/aromatic N) is 4. The van der Waals surface area contributed by atoms with Crippen LogP contribution in [0, 0.1) is 0 Å². The van der Waals surface area contributed by atoms with E-state index in [1.165, 1.54) is 5.82 Å². The molecule has 0 bridgehead atoms. The fourth-order valence-electron chi connectivity index (χ4n) is 1.85. The zero-order valence-electron chi connectivity index (χ0n) is 9.87. The van der Waals surface area contributed by atoms with Gasteiger partial charge in [-0.05, 0) is 6.42 Å². The Labute approximate surface area is 96.0 Å². The maximum absolute atomic E-state index is 4.38. The second-order valence-electron chi connectivity index (χ2n) is 4.29. The van der Waals surface area contributed by atoms with E-state index >= 15 is 0 Å². The van der Waals surface area contributed by atoms with Gasteiger partial charge < -0.3 is 9.13 Å². The highest BCUT2D eigenvalue weighted by molar-refractivity contribution is 4.97. The second-order valence-corrected chi connectivity index (χ2v) is 4.29. The molecule has 2 aromatic rings. The zero-order valence-corrected chi connectivity index (χ0v) is 9.87. The lowest BCUT2D eigenvalue weighted by molar-refractivity contribution is 0.538. The van der Waals surface area contributed by atoms with Crippen LogP contribution in [0.5, 0.6) is 0 Å². The standard InChI is InChI=1S/C12H18N4/c1-11(2)12-14-5-9-16(12)7-3-6-15-8-4-13-10-15/h4-5,8-11H,3,6-7H2,1-2H3. The first-order valence-corrected chi connectivity index (χ1v) is 5.74. The smallest absolute Gasteiger partial charge is 0.111 e. The quantitative estimate of drug-likeness (QED) is 0.772. The van der Waals surface area contributed by atoms with Gasteiger partial charge in [0, 0.05) is 43.8 Å². The minimum Gasteiger partial charge on any atom is -0.337 e. The minimum absolute atomic E-state index is 0.489. The van der Waals surface area contributed by atoms with Crippen LogP contribution in [0.3, 0.4) is 0 Å². The van der Waals surface area contributed by atoms with E-state index in [1.807, 2.05) is 24.9 Å². The van der Waals surface area contributed by atoms with Gasteiger partial charge in [-0.2, -0.15) is 0 Å². The van der Waals surface area contributed by atoms with E-state index in [2.05, 4.69) is 39.1 Å². The highest BCUT2D eigenvalue weighted by atomic mass is 15.1. The summed E-state index contributed by atoms with van der Waals surface area (Å²) in [6.45, 7) is 6.38. The van der Waals surface area contributed by atoms with E-state index in [1.54, 1.807) is 0 Å². The maximum Gasteiger partial charge on any atom is 0.111 e. The summed E-state index contributed by atoms with van der Waals surface area (Å²) in [5.41, 5.74) is 0. The van der Waals surface area contributed by atoms with Crippen LogP contribution in [-0.4, -0.2) is 19.1 Å². The summed E-state index contributed by atoms with van der Waals surface area (Å²) in [6, 6.07) is 0. The highest BCUT2D eigenvalue weighted by Crippen LogP contribution is 2.12. The number of hydrogen-bond donors (Lipinski definition) is 0. The average molecular weight is 218 g/mol. The fourth-order valence-corrected chi connectivity index (χ4v) is 1.85. The third-order valence-corrected chi connectivity index (χ3v) is 2.64. The lowest BCUT2D eigenvalue weighted by Gasteiger charge is -2.10.